The standard InChI is InChI=1S/C15H14N2O3/c18-14(19)11-17(10-12-5-2-1-3-6-12)15(20)13-7-4-8-16-9-13/h1-9H,10-11H2,(H,18,19). The number of hydrogen-bond donors (Lipinski definition) is 1. The molecular weight excluding hydrogens is 256 g/mol. The second-order valence-corrected chi connectivity index (χ2v) is 4.28. The first-order chi connectivity index (χ1) is 9.66. The molecule has 0 aliphatic carbocycles. The second kappa shape index (κ2) is 6.47. The molecule has 2 rings (SSSR count). The molecule has 5 nitrogen and oxygen atoms in total. The predicted octanol–water partition coefficient (Wildman–Crippen LogP) is 1.81. The van der Waals surface area contributed by atoms with Crippen LogP contribution in [-0.2, 0) is 11.3 Å². The molecule has 1 aromatic heterocycles. The number of carbonyl (C=O) groups is 2. The van der Waals surface area contributed by atoms with Crippen molar-refractivity contribution in [1.82, 2.24) is 9.88 Å². The Morgan fingerprint density at radius 1 is 1.10 bits per heavy atom. The third-order valence-corrected chi connectivity index (χ3v) is 2.74. The lowest BCUT2D eigenvalue weighted by Gasteiger charge is -2.20. The molecule has 0 unspecified atom stereocenters. The average molecular weight is 270 g/mol. The van der Waals surface area contributed by atoms with Crippen LogP contribution < -0.4 is 0 Å². The SMILES string of the molecule is O=C(O)CN(Cc1ccccc1)C(=O)c1cccnc1. The van der Waals surface area contributed by atoms with E-state index in [0.29, 0.717) is 5.56 Å². The van der Waals surface area contributed by atoms with Gasteiger partial charge in [-0.1, -0.05) is 30.3 Å². The maximum absolute atomic E-state index is 12.3. The van der Waals surface area contributed by atoms with Crippen molar-refractivity contribution in [3.8, 4) is 0 Å². The highest BCUT2D eigenvalue weighted by Gasteiger charge is 2.18. The number of amides is 1. The monoisotopic (exact) mass is 270 g/mol. The fourth-order valence-electron chi connectivity index (χ4n) is 1.84. The molecule has 1 N–H and O–H groups in total. The van der Waals surface area contributed by atoms with Gasteiger partial charge in [0.25, 0.3) is 5.91 Å². The second-order valence-electron chi connectivity index (χ2n) is 4.28. The van der Waals surface area contributed by atoms with Crippen LogP contribution in [0.4, 0.5) is 0 Å². The van der Waals surface area contributed by atoms with Crippen LogP contribution in [0.1, 0.15) is 15.9 Å². The lowest BCUT2D eigenvalue weighted by Crippen LogP contribution is -2.35. The summed E-state index contributed by atoms with van der Waals surface area (Å²) in [4.78, 5) is 28.4. The smallest absolute Gasteiger partial charge is 0.323 e. The van der Waals surface area contributed by atoms with Gasteiger partial charge in [-0.15, -0.1) is 0 Å². The average Bonchev–Trinajstić information content (AvgIpc) is 2.47. The summed E-state index contributed by atoms with van der Waals surface area (Å²) in [6.07, 6.45) is 3.00. The van der Waals surface area contributed by atoms with Gasteiger partial charge in [0.15, 0.2) is 0 Å². The number of carbonyl (C=O) groups excluding carboxylic acids is 1. The van der Waals surface area contributed by atoms with Gasteiger partial charge < -0.3 is 10.0 Å². The molecule has 0 aliphatic heterocycles. The Morgan fingerprint density at radius 2 is 1.85 bits per heavy atom. The highest BCUT2D eigenvalue weighted by molar-refractivity contribution is 5.95. The van der Waals surface area contributed by atoms with Crippen molar-refractivity contribution in [1.29, 1.82) is 0 Å². The van der Waals surface area contributed by atoms with Crippen molar-refractivity contribution < 1.29 is 14.7 Å². The van der Waals surface area contributed by atoms with Crippen molar-refractivity contribution in [2.75, 3.05) is 6.54 Å². The summed E-state index contributed by atoms with van der Waals surface area (Å²) in [6.45, 7) is -0.0938. The molecule has 0 bridgehead atoms. The van der Waals surface area contributed by atoms with E-state index in [0.717, 1.165) is 5.56 Å². The third-order valence-electron chi connectivity index (χ3n) is 2.74. The molecule has 1 amide bonds. The number of hydrogen-bond acceptors (Lipinski definition) is 3. The minimum Gasteiger partial charge on any atom is -0.480 e. The van der Waals surface area contributed by atoms with E-state index in [1.165, 1.54) is 11.1 Å². The molecule has 2 aromatic rings. The predicted molar refractivity (Wildman–Crippen MR) is 73.1 cm³/mol. The lowest BCUT2D eigenvalue weighted by atomic mass is 10.2. The summed E-state index contributed by atoms with van der Waals surface area (Å²) >= 11 is 0. The summed E-state index contributed by atoms with van der Waals surface area (Å²) in [5.41, 5.74) is 1.26. The summed E-state index contributed by atoms with van der Waals surface area (Å²) in [5.74, 6) is -1.39. The molecule has 0 atom stereocenters. The van der Waals surface area contributed by atoms with Gasteiger partial charge in [-0.2, -0.15) is 0 Å². The van der Waals surface area contributed by atoms with Gasteiger partial charge in [-0.3, -0.25) is 14.6 Å². The number of benzene rings is 1. The number of aliphatic carboxylic acids is 1. The number of rotatable bonds is 5. The summed E-state index contributed by atoms with van der Waals surface area (Å²) in [7, 11) is 0. The highest BCUT2D eigenvalue weighted by Crippen LogP contribution is 2.09. The molecule has 0 saturated carbocycles. The lowest BCUT2D eigenvalue weighted by molar-refractivity contribution is -0.137. The summed E-state index contributed by atoms with van der Waals surface area (Å²) in [5, 5.41) is 8.95. The fraction of sp³-hybridized carbons (Fsp3) is 0.133. The summed E-state index contributed by atoms with van der Waals surface area (Å²) < 4.78 is 0. The van der Waals surface area contributed by atoms with Gasteiger partial charge in [-0.25, -0.2) is 0 Å². The first-order valence-electron chi connectivity index (χ1n) is 6.12. The van der Waals surface area contributed by atoms with Crippen LogP contribution >= 0.6 is 0 Å². The number of carboxylic acid groups (broad SMARTS) is 1. The number of carboxylic acids is 1. The molecule has 1 aromatic carbocycles. The Bertz CT molecular complexity index is 585. The molecule has 102 valence electrons. The number of nitrogens with zero attached hydrogens (tertiary/aromatic N) is 2. The van der Waals surface area contributed by atoms with Crippen LogP contribution in [0.3, 0.4) is 0 Å². The van der Waals surface area contributed by atoms with Gasteiger partial charge in [0.2, 0.25) is 0 Å². The van der Waals surface area contributed by atoms with Crippen LogP contribution in [0, 0.1) is 0 Å². The maximum Gasteiger partial charge on any atom is 0.323 e. The van der Waals surface area contributed by atoms with Crippen molar-refractivity contribution in [2.45, 2.75) is 6.54 Å². The minimum atomic E-state index is -1.04. The van der Waals surface area contributed by atoms with E-state index in [4.69, 9.17) is 5.11 Å². The van der Waals surface area contributed by atoms with Gasteiger partial charge in [0.1, 0.15) is 6.54 Å². The first kappa shape index (κ1) is 13.7. The Kier molecular flexibility index (Phi) is 4.44. The molecule has 0 saturated heterocycles. The number of pyridine rings is 1. The van der Waals surface area contributed by atoms with Crippen LogP contribution in [-0.4, -0.2) is 33.4 Å². The van der Waals surface area contributed by atoms with E-state index < -0.39 is 5.97 Å². The molecule has 0 spiro atoms. The first-order valence-corrected chi connectivity index (χ1v) is 6.12. The third kappa shape index (κ3) is 3.65. The van der Waals surface area contributed by atoms with E-state index in [1.54, 1.807) is 18.3 Å². The van der Waals surface area contributed by atoms with E-state index in [-0.39, 0.29) is 19.0 Å². The molecular formula is C15H14N2O3. The Balaban J connectivity index is 2.19. The molecule has 1 heterocycles. The maximum atomic E-state index is 12.3. The molecule has 0 aliphatic rings. The Labute approximate surface area is 116 Å². The summed E-state index contributed by atoms with van der Waals surface area (Å²) in [6, 6.07) is 12.5. The fourth-order valence-corrected chi connectivity index (χ4v) is 1.84. The van der Waals surface area contributed by atoms with E-state index in [9.17, 15) is 9.59 Å². The van der Waals surface area contributed by atoms with Gasteiger partial charge in [0.05, 0.1) is 5.56 Å². The quantitative estimate of drug-likeness (QED) is 0.899. The van der Waals surface area contributed by atoms with Crippen molar-refractivity contribution in [3.63, 3.8) is 0 Å². The number of aromatic nitrogens is 1. The zero-order valence-electron chi connectivity index (χ0n) is 10.8. The van der Waals surface area contributed by atoms with Crippen molar-refractivity contribution >= 4 is 11.9 Å². The van der Waals surface area contributed by atoms with Gasteiger partial charge >= 0.3 is 5.97 Å². The van der Waals surface area contributed by atoms with Crippen molar-refractivity contribution in [2.24, 2.45) is 0 Å². The zero-order valence-corrected chi connectivity index (χ0v) is 10.8. The Hall–Kier alpha value is -2.69. The van der Waals surface area contributed by atoms with Crippen LogP contribution in [0.2, 0.25) is 0 Å². The Morgan fingerprint density at radius 3 is 2.45 bits per heavy atom. The van der Waals surface area contributed by atoms with Crippen LogP contribution in [0.15, 0.2) is 54.9 Å². The highest BCUT2D eigenvalue weighted by atomic mass is 16.4. The van der Waals surface area contributed by atoms with Gasteiger partial charge in [-0.05, 0) is 17.7 Å². The molecule has 5 heteroatoms. The minimum absolute atomic E-state index is 0.251. The van der Waals surface area contributed by atoms with Crippen LogP contribution in [0.5, 0.6) is 0 Å². The van der Waals surface area contributed by atoms with E-state index >= 15 is 0 Å². The van der Waals surface area contributed by atoms with E-state index in [1.807, 2.05) is 30.3 Å². The van der Waals surface area contributed by atoms with Crippen LogP contribution in [0.25, 0.3) is 0 Å². The molecule has 20 heavy (non-hydrogen) atoms. The van der Waals surface area contributed by atoms with Crippen molar-refractivity contribution in [3.05, 3.63) is 66.0 Å². The topological polar surface area (TPSA) is 70.5 Å². The van der Waals surface area contributed by atoms with Gasteiger partial charge in [0, 0.05) is 18.9 Å². The zero-order chi connectivity index (χ0) is 14.4. The van der Waals surface area contributed by atoms with E-state index in [2.05, 4.69) is 4.98 Å². The normalized spacial score (nSPS) is 10.0. The molecule has 0 fully saturated rings. The molecule has 0 radical (unpaired) electrons. The largest absolute Gasteiger partial charge is 0.480 e.